The van der Waals surface area contributed by atoms with Crippen LogP contribution in [0.25, 0.3) is 0 Å². The van der Waals surface area contributed by atoms with E-state index in [1.54, 1.807) is 0 Å². The van der Waals surface area contributed by atoms with Crippen LogP contribution in [-0.4, -0.2) is 31.1 Å². The van der Waals surface area contributed by atoms with Crippen LogP contribution in [-0.2, 0) is 11.2 Å². The molecule has 5 nitrogen and oxygen atoms in total. The fourth-order valence-electron chi connectivity index (χ4n) is 3.39. The van der Waals surface area contributed by atoms with Crippen LogP contribution in [0.15, 0.2) is 63.8 Å². The summed E-state index contributed by atoms with van der Waals surface area (Å²) in [5, 5.41) is 13.3. The monoisotopic (exact) mass is 368 g/mol. The molecule has 26 heavy (non-hydrogen) atoms. The number of aliphatic imine (C=N–C) groups is 1. The second kappa shape index (κ2) is 7.56. The molecule has 6 heteroatoms. The number of anilines is 1. The number of nitrogens with one attached hydrogen (secondary N) is 1. The minimum absolute atomic E-state index is 0.291. The van der Waals surface area contributed by atoms with Gasteiger partial charge >= 0.3 is 0 Å². The summed E-state index contributed by atoms with van der Waals surface area (Å²) >= 11 is 6.20. The number of halogens is 1. The van der Waals surface area contributed by atoms with Crippen LogP contribution < -0.4 is 5.32 Å². The first-order chi connectivity index (χ1) is 12.8. The fourth-order valence-corrected chi connectivity index (χ4v) is 3.62. The van der Waals surface area contributed by atoms with Crippen LogP contribution in [0.2, 0.25) is 5.02 Å². The van der Waals surface area contributed by atoms with E-state index < -0.39 is 0 Å². The molecule has 0 aromatic heterocycles. The van der Waals surface area contributed by atoms with Crippen molar-refractivity contribution in [1.82, 2.24) is 0 Å². The maximum Gasteiger partial charge on any atom is 0.176 e. The second-order valence-electron chi connectivity index (χ2n) is 6.58. The van der Waals surface area contributed by atoms with Gasteiger partial charge < -0.3 is 10.1 Å². The number of ether oxygens (including phenoxy) is 1. The average molecular weight is 369 g/mol. The van der Waals surface area contributed by atoms with Crippen molar-refractivity contribution in [2.45, 2.75) is 24.8 Å². The van der Waals surface area contributed by atoms with Crippen molar-refractivity contribution in [3.8, 4) is 0 Å². The second-order valence-corrected chi connectivity index (χ2v) is 6.99. The van der Waals surface area contributed by atoms with E-state index in [0.717, 1.165) is 47.1 Å². The number of hydrogen-bond donors (Lipinski definition) is 1. The largest absolute Gasteiger partial charge is 0.381 e. The van der Waals surface area contributed by atoms with Gasteiger partial charge in [-0.1, -0.05) is 41.9 Å². The Morgan fingerprint density at radius 3 is 2.69 bits per heavy atom. The SMILES string of the molecule is Clc1ccccc1CCN=NC1=Nc2ccccc2NC12CCOCC2. The standard InChI is InChI=1S/C20H21ClN4O/c21-16-6-2-1-5-15(16)9-12-22-25-19-20(10-13-26-14-11-20)24-18-8-4-3-7-17(18)23-19/h1-8,24H,9-14H2. The van der Waals surface area contributed by atoms with Gasteiger partial charge in [-0.25, -0.2) is 4.99 Å². The predicted molar refractivity (Wildman–Crippen MR) is 105 cm³/mol. The van der Waals surface area contributed by atoms with E-state index in [-0.39, 0.29) is 5.54 Å². The molecule has 0 radical (unpaired) electrons. The zero-order valence-electron chi connectivity index (χ0n) is 14.5. The van der Waals surface area contributed by atoms with E-state index in [9.17, 15) is 0 Å². The van der Waals surface area contributed by atoms with Gasteiger partial charge in [0.25, 0.3) is 0 Å². The summed E-state index contributed by atoms with van der Waals surface area (Å²) in [4.78, 5) is 4.80. The molecule has 0 unspecified atom stereocenters. The maximum atomic E-state index is 6.20. The lowest BCUT2D eigenvalue weighted by atomic mass is 9.87. The number of hydrogen-bond acceptors (Lipinski definition) is 5. The van der Waals surface area contributed by atoms with Crippen molar-refractivity contribution in [1.29, 1.82) is 0 Å². The molecule has 0 aliphatic carbocycles. The van der Waals surface area contributed by atoms with Gasteiger partial charge in [-0.05, 0) is 30.2 Å². The highest BCUT2D eigenvalue weighted by atomic mass is 35.5. The Morgan fingerprint density at radius 2 is 1.85 bits per heavy atom. The number of nitrogens with zero attached hydrogens (tertiary/aromatic N) is 3. The normalized spacial score (nSPS) is 18.4. The molecule has 0 bridgehead atoms. The lowest BCUT2D eigenvalue weighted by Gasteiger charge is -2.40. The Kier molecular flexibility index (Phi) is 5.00. The average Bonchev–Trinajstić information content (AvgIpc) is 2.67. The lowest BCUT2D eigenvalue weighted by molar-refractivity contribution is 0.0776. The Hall–Kier alpha value is -2.24. The molecular formula is C20H21ClN4O. The van der Waals surface area contributed by atoms with Gasteiger partial charge in [0.2, 0.25) is 0 Å². The third-order valence-corrected chi connectivity index (χ3v) is 5.25. The molecule has 2 aliphatic heterocycles. The summed E-state index contributed by atoms with van der Waals surface area (Å²) in [7, 11) is 0. The molecule has 2 aliphatic rings. The Balaban J connectivity index is 1.54. The molecule has 2 heterocycles. The summed E-state index contributed by atoms with van der Waals surface area (Å²) < 4.78 is 5.55. The maximum absolute atomic E-state index is 6.20. The number of benzene rings is 2. The molecule has 0 amide bonds. The van der Waals surface area contributed by atoms with Crippen molar-refractivity contribution in [3.63, 3.8) is 0 Å². The number of fused-ring (bicyclic) bond motifs is 1. The summed E-state index contributed by atoms with van der Waals surface area (Å²) in [5.74, 6) is 0.749. The minimum Gasteiger partial charge on any atom is -0.381 e. The van der Waals surface area contributed by atoms with Gasteiger partial charge in [-0.3, -0.25) is 0 Å². The van der Waals surface area contributed by atoms with Gasteiger partial charge in [0, 0.05) is 31.1 Å². The number of amidine groups is 1. The van der Waals surface area contributed by atoms with Gasteiger partial charge in [0.05, 0.1) is 17.9 Å². The van der Waals surface area contributed by atoms with Gasteiger partial charge in [0.15, 0.2) is 5.84 Å². The van der Waals surface area contributed by atoms with Crippen LogP contribution in [0.3, 0.4) is 0 Å². The first kappa shape index (κ1) is 17.2. The van der Waals surface area contributed by atoms with Crippen molar-refractivity contribution in [2.75, 3.05) is 25.1 Å². The first-order valence-corrected chi connectivity index (χ1v) is 9.30. The lowest BCUT2D eigenvalue weighted by Crippen LogP contribution is -2.51. The number of rotatable bonds is 3. The van der Waals surface area contributed by atoms with Crippen molar-refractivity contribution in [2.24, 2.45) is 15.2 Å². The van der Waals surface area contributed by atoms with E-state index in [0.29, 0.717) is 19.8 Å². The Labute approximate surface area is 158 Å². The molecule has 2 aromatic rings. The van der Waals surface area contributed by atoms with Crippen LogP contribution in [0.4, 0.5) is 11.4 Å². The predicted octanol–water partition coefficient (Wildman–Crippen LogP) is 5.04. The third-order valence-electron chi connectivity index (χ3n) is 4.88. The van der Waals surface area contributed by atoms with Crippen LogP contribution >= 0.6 is 11.6 Å². The quantitative estimate of drug-likeness (QED) is 0.771. The minimum atomic E-state index is -0.291. The highest BCUT2D eigenvalue weighted by Crippen LogP contribution is 2.38. The summed E-state index contributed by atoms with van der Waals surface area (Å²) in [5.41, 5.74) is 2.75. The fraction of sp³-hybridized carbons (Fsp3) is 0.350. The number of azo groups is 1. The van der Waals surface area contributed by atoms with Crippen LogP contribution in [0.1, 0.15) is 18.4 Å². The molecule has 134 valence electrons. The molecule has 4 rings (SSSR count). The molecule has 1 spiro atoms. The molecule has 1 fully saturated rings. The van der Waals surface area contributed by atoms with Gasteiger partial charge in [-0.15, -0.1) is 5.11 Å². The molecule has 1 saturated heterocycles. The first-order valence-electron chi connectivity index (χ1n) is 8.92. The topological polar surface area (TPSA) is 58.3 Å². The molecular weight excluding hydrogens is 348 g/mol. The summed E-state index contributed by atoms with van der Waals surface area (Å²) in [6.45, 7) is 1.98. The highest BCUT2D eigenvalue weighted by Gasteiger charge is 2.41. The van der Waals surface area contributed by atoms with E-state index in [1.165, 1.54) is 0 Å². The molecule has 2 aromatic carbocycles. The van der Waals surface area contributed by atoms with E-state index in [1.807, 2.05) is 42.5 Å². The Morgan fingerprint density at radius 1 is 1.08 bits per heavy atom. The van der Waals surface area contributed by atoms with Crippen molar-refractivity contribution >= 4 is 28.8 Å². The van der Waals surface area contributed by atoms with E-state index in [2.05, 4.69) is 21.6 Å². The smallest absolute Gasteiger partial charge is 0.176 e. The van der Waals surface area contributed by atoms with Crippen molar-refractivity contribution in [3.05, 3.63) is 59.1 Å². The zero-order valence-corrected chi connectivity index (χ0v) is 15.2. The van der Waals surface area contributed by atoms with E-state index in [4.69, 9.17) is 21.3 Å². The van der Waals surface area contributed by atoms with Crippen LogP contribution in [0.5, 0.6) is 0 Å². The van der Waals surface area contributed by atoms with Crippen LogP contribution in [0, 0.1) is 0 Å². The van der Waals surface area contributed by atoms with Crippen molar-refractivity contribution < 1.29 is 4.74 Å². The van der Waals surface area contributed by atoms with Gasteiger partial charge in [-0.2, -0.15) is 5.11 Å². The van der Waals surface area contributed by atoms with Gasteiger partial charge in [0.1, 0.15) is 5.54 Å². The summed E-state index contributed by atoms with van der Waals surface area (Å²) in [6, 6.07) is 15.9. The summed E-state index contributed by atoms with van der Waals surface area (Å²) in [6.07, 6.45) is 2.43. The number of para-hydroxylation sites is 2. The van der Waals surface area contributed by atoms with E-state index >= 15 is 0 Å². The molecule has 1 N–H and O–H groups in total. The zero-order chi connectivity index (χ0) is 17.8. The third kappa shape index (κ3) is 3.50. The molecule has 0 atom stereocenters. The Bertz CT molecular complexity index is 843. The molecule has 0 saturated carbocycles. The highest BCUT2D eigenvalue weighted by molar-refractivity contribution is 6.31.